The van der Waals surface area contributed by atoms with E-state index >= 15 is 0 Å². The molecule has 2 fully saturated rings. The molecule has 1 saturated carbocycles. The van der Waals surface area contributed by atoms with Gasteiger partial charge in [-0.15, -0.1) is 0 Å². The lowest BCUT2D eigenvalue weighted by molar-refractivity contribution is 0.0906. The maximum Gasteiger partial charge on any atom is 0.271 e. The van der Waals surface area contributed by atoms with Crippen LogP contribution >= 0.6 is 0 Å². The van der Waals surface area contributed by atoms with Crippen LogP contribution in [0.5, 0.6) is 0 Å². The summed E-state index contributed by atoms with van der Waals surface area (Å²) in [7, 11) is 0. The third-order valence-corrected chi connectivity index (χ3v) is 5.48. The number of amides is 1. The zero-order valence-corrected chi connectivity index (χ0v) is 14.4. The number of rotatable bonds is 4. The summed E-state index contributed by atoms with van der Waals surface area (Å²) in [6, 6.07) is 2.54. The summed E-state index contributed by atoms with van der Waals surface area (Å²) in [5, 5.41) is 11.1. The van der Waals surface area contributed by atoms with Gasteiger partial charge in [-0.05, 0) is 50.1 Å². The number of carbonyl (C=O) groups is 1. The van der Waals surface area contributed by atoms with E-state index in [-0.39, 0.29) is 5.91 Å². The molecule has 1 saturated heterocycles. The Kier molecular flexibility index (Phi) is 5.36. The van der Waals surface area contributed by atoms with Crippen LogP contribution in [0.15, 0.2) is 12.3 Å². The molecule has 23 heavy (non-hydrogen) atoms. The molecule has 1 aliphatic carbocycles. The molecule has 0 aromatic carbocycles. The zero-order valence-electron chi connectivity index (χ0n) is 14.4. The molecule has 3 unspecified atom stereocenters. The Balaban J connectivity index is 1.57. The molecule has 5 heteroatoms. The maximum absolute atomic E-state index is 12.5. The van der Waals surface area contributed by atoms with Crippen molar-refractivity contribution in [2.24, 2.45) is 11.8 Å². The van der Waals surface area contributed by atoms with Crippen LogP contribution in [0.3, 0.4) is 0 Å². The molecule has 0 radical (unpaired) electrons. The van der Waals surface area contributed by atoms with E-state index in [4.69, 9.17) is 0 Å². The van der Waals surface area contributed by atoms with Gasteiger partial charge in [-0.2, -0.15) is 5.10 Å². The molecule has 3 rings (SSSR count). The van der Waals surface area contributed by atoms with Gasteiger partial charge in [0.1, 0.15) is 5.69 Å². The highest BCUT2D eigenvalue weighted by Gasteiger charge is 2.26. The second kappa shape index (κ2) is 7.47. The van der Waals surface area contributed by atoms with Crippen molar-refractivity contribution in [1.29, 1.82) is 0 Å². The predicted molar refractivity (Wildman–Crippen MR) is 91.4 cm³/mol. The fourth-order valence-corrected chi connectivity index (χ4v) is 3.95. The quantitative estimate of drug-likeness (QED) is 0.897. The molecular weight excluding hydrogens is 288 g/mol. The third kappa shape index (κ3) is 4.14. The van der Waals surface area contributed by atoms with Crippen molar-refractivity contribution in [3.63, 3.8) is 0 Å². The number of hydrogen-bond donors (Lipinski definition) is 2. The standard InChI is InChI=1S/C18H30N4O/c1-13(2)14-5-3-6-15(11-14)20-18(23)17-8-10-22(21-17)16-7-4-9-19-12-16/h8,10,13-16,19H,3-7,9,11-12H2,1-2H3,(H,20,23). The van der Waals surface area contributed by atoms with E-state index in [1.165, 1.54) is 19.3 Å². The van der Waals surface area contributed by atoms with Gasteiger partial charge in [0, 0.05) is 18.8 Å². The monoisotopic (exact) mass is 318 g/mol. The van der Waals surface area contributed by atoms with Crippen molar-refractivity contribution < 1.29 is 4.79 Å². The van der Waals surface area contributed by atoms with Gasteiger partial charge in [-0.25, -0.2) is 0 Å². The van der Waals surface area contributed by atoms with E-state index in [1.807, 2.05) is 16.9 Å². The molecular formula is C18H30N4O. The number of piperidine rings is 1. The SMILES string of the molecule is CC(C)C1CCCC(NC(=O)c2ccn(C3CCCNC3)n2)C1. The molecule has 128 valence electrons. The Morgan fingerprint density at radius 1 is 1.35 bits per heavy atom. The molecule has 3 atom stereocenters. The summed E-state index contributed by atoms with van der Waals surface area (Å²) < 4.78 is 1.96. The van der Waals surface area contributed by atoms with Crippen molar-refractivity contribution in [3.05, 3.63) is 18.0 Å². The number of hydrogen-bond acceptors (Lipinski definition) is 3. The van der Waals surface area contributed by atoms with Crippen LogP contribution in [0.1, 0.15) is 68.9 Å². The van der Waals surface area contributed by atoms with E-state index in [2.05, 4.69) is 29.6 Å². The van der Waals surface area contributed by atoms with Crippen LogP contribution < -0.4 is 10.6 Å². The first-order valence-corrected chi connectivity index (χ1v) is 9.20. The molecule has 1 aromatic rings. The molecule has 1 amide bonds. The van der Waals surface area contributed by atoms with E-state index in [0.717, 1.165) is 38.3 Å². The summed E-state index contributed by atoms with van der Waals surface area (Å²) in [5.74, 6) is 1.43. The lowest BCUT2D eigenvalue weighted by Gasteiger charge is -2.31. The first-order chi connectivity index (χ1) is 11.1. The Morgan fingerprint density at radius 2 is 2.22 bits per heavy atom. The van der Waals surface area contributed by atoms with Crippen molar-refractivity contribution in [3.8, 4) is 0 Å². The maximum atomic E-state index is 12.5. The van der Waals surface area contributed by atoms with Gasteiger partial charge >= 0.3 is 0 Å². The second-order valence-corrected chi connectivity index (χ2v) is 7.52. The van der Waals surface area contributed by atoms with Gasteiger partial charge in [0.25, 0.3) is 5.91 Å². The van der Waals surface area contributed by atoms with Crippen LogP contribution in [0.2, 0.25) is 0 Å². The van der Waals surface area contributed by atoms with E-state index in [9.17, 15) is 4.79 Å². The number of nitrogens with zero attached hydrogens (tertiary/aromatic N) is 2. The third-order valence-electron chi connectivity index (χ3n) is 5.48. The van der Waals surface area contributed by atoms with Crippen LogP contribution in [-0.4, -0.2) is 34.8 Å². The first-order valence-electron chi connectivity index (χ1n) is 9.20. The summed E-state index contributed by atoms with van der Waals surface area (Å²) >= 11 is 0. The smallest absolute Gasteiger partial charge is 0.271 e. The molecule has 2 heterocycles. The summed E-state index contributed by atoms with van der Waals surface area (Å²) in [6.07, 6.45) is 8.98. The summed E-state index contributed by atoms with van der Waals surface area (Å²) in [6.45, 7) is 6.61. The minimum atomic E-state index is -0.0121. The number of aromatic nitrogens is 2. The first kappa shape index (κ1) is 16.5. The van der Waals surface area contributed by atoms with Gasteiger partial charge in [0.2, 0.25) is 0 Å². The highest BCUT2D eigenvalue weighted by Crippen LogP contribution is 2.30. The molecule has 1 aliphatic heterocycles. The minimum Gasteiger partial charge on any atom is -0.348 e. The average Bonchev–Trinajstić information content (AvgIpc) is 3.06. The van der Waals surface area contributed by atoms with Crippen LogP contribution in [0, 0.1) is 11.8 Å². The highest BCUT2D eigenvalue weighted by molar-refractivity contribution is 5.92. The van der Waals surface area contributed by atoms with Crippen LogP contribution in [0.4, 0.5) is 0 Å². The normalized spacial score (nSPS) is 28.7. The van der Waals surface area contributed by atoms with Crippen LogP contribution in [0.25, 0.3) is 0 Å². The second-order valence-electron chi connectivity index (χ2n) is 7.52. The molecule has 0 bridgehead atoms. The summed E-state index contributed by atoms with van der Waals surface area (Å²) in [4.78, 5) is 12.5. The van der Waals surface area contributed by atoms with Gasteiger partial charge < -0.3 is 10.6 Å². The van der Waals surface area contributed by atoms with Gasteiger partial charge in [-0.1, -0.05) is 26.7 Å². The van der Waals surface area contributed by atoms with Crippen molar-refractivity contribution in [2.75, 3.05) is 13.1 Å². The van der Waals surface area contributed by atoms with Gasteiger partial charge in [0.15, 0.2) is 0 Å². The fraction of sp³-hybridized carbons (Fsp3) is 0.778. The van der Waals surface area contributed by atoms with Crippen molar-refractivity contribution in [2.45, 2.75) is 64.5 Å². The van der Waals surface area contributed by atoms with Crippen molar-refractivity contribution >= 4 is 5.91 Å². The van der Waals surface area contributed by atoms with Crippen molar-refractivity contribution in [1.82, 2.24) is 20.4 Å². The Bertz CT molecular complexity index is 519. The van der Waals surface area contributed by atoms with Gasteiger partial charge in [-0.3, -0.25) is 9.48 Å². The minimum absolute atomic E-state index is 0.0121. The van der Waals surface area contributed by atoms with Gasteiger partial charge in [0.05, 0.1) is 6.04 Å². The lowest BCUT2D eigenvalue weighted by atomic mass is 9.79. The molecule has 0 spiro atoms. The predicted octanol–water partition coefficient (Wildman–Crippen LogP) is 2.75. The molecule has 1 aromatic heterocycles. The lowest BCUT2D eigenvalue weighted by Crippen LogP contribution is -2.39. The number of carbonyl (C=O) groups excluding carboxylic acids is 1. The van der Waals surface area contributed by atoms with E-state index < -0.39 is 0 Å². The Hall–Kier alpha value is -1.36. The van der Waals surface area contributed by atoms with E-state index in [1.54, 1.807) is 0 Å². The zero-order chi connectivity index (χ0) is 16.2. The molecule has 5 nitrogen and oxygen atoms in total. The molecule has 2 N–H and O–H groups in total. The fourth-order valence-electron chi connectivity index (χ4n) is 3.95. The summed E-state index contributed by atoms with van der Waals surface area (Å²) in [5.41, 5.74) is 0.558. The number of nitrogens with one attached hydrogen (secondary N) is 2. The Labute approximate surface area is 139 Å². The topological polar surface area (TPSA) is 59.0 Å². The largest absolute Gasteiger partial charge is 0.348 e. The highest BCUT2D eigenvalue weighted by atomic mass is 16.2. The molecule has 2 aliphatic rings. The average molecular weight is 318 g/mol. The van der Waals surface area contributed by atoms with E-state index in [0.29, 0.717) is 23.7 Å². The Morgan fingerprint density at radius 3 is 2.96 bits per heavy atom. The van der Waals surface area contributed by atoms with Crippen LogP contribution in [-0.2, 0) is 0 Å².